The summed E-state index contributed by atoms with van der Waals surface area (Å²) in [7, 11) is -1.77. The summed E-state index contributed by atoms with van der Waals surface area (Å²) in [6, 6.07) is 26.2. The number of nitrogens with zero attached hydrogens (tertiary/aromatic N) is 3. The van der Waals surface area contributed by atoms with E-state index in [1.165, 1.54) is 33.3 Å². The van der Waals surface area contributed by atoms with Crippen LogP contribution in [0.2, 0.25) is 0 Å². The van der Waals surface area contributed by atoms with Crippen molar-refractivity contribution in [2.24, 2.45) is 12.0 Å². The van der Waals surface area contributed by atoms with E-state index in [1.807, 2.05) is 54.1 Å². The maximum atomic E-state index is 13.2. The van der Waals surface area contributed by atoms with Crippen molar-refractivity contribution < 1.29 is 13.2 Å². The Labute approximate surface area is 212 Å². The smallest absolute Gasteiger partial charge is 0.279 e. The summed E-state index contributed by atoms with van der Waals surface area (Å²) in [4.78, 5) is 18.1. The molecule has 2 heterocycles. The molecule has 1 amide bonds. The van der Waals surface area contributed by atoms with Gasteiger partial charge in [0.1, 0.15) is 0 Å². The van der Waals surface area contributed by atoms with Crippen molar-refractivity contribution in [1.82, 2.24) is 8.87 Å². The molecule has 0 fully saturated rings. The van der Waals surface area contributed by atoms with Gasteiger partial charge in [-0.05, 0) is 53.3 Å². The molecule has 8 heteroatoms. The minimum atomic E-state index is -3.66. The number of thiazole rings is 1. The molecule has 0 aliphatic carbocycles. The number of aryl methyl sites for hydroxylation is 1. The average Bonchev–Trinajstić information content (AvgIpc) is 3.23. The largest absolute Gasteiger partial charge is 0.319 e. The number of aromatic nitrogens is 1. The van der Waals surface area contributed by atoms with Gasteiger partial charge in [-0.15, -0.1) is 0 Å². The van der Waals surface area contributed by atoms with Gasteiger partial charge in [-0.2, -0.15) is 9.30 Å². The number of hydrogen-bond donors (Lipinski definition) is 0. The van der Waals surface area contributed by atoms with Gasteiger partial charge in [-0.1, -0.05) is 65.9 Å². The minimum Gasteiger partial charge on any atom is -0.319 e. The van der Waals surface area contributed by atoms with Gasteiger partial charge in [0, 0.05) is 31.1 Å². The Morgan fingerprint density at radius 3 is 2.42 bits per heavy atom. The van der Waals surface area contributed by atoms with Crippen molar-refractivity contribution in [3.63, 3.8) is 0 Å². The molecule has 5 aromatic rings. The van der Waals surface area contributed by atoms with E-state index in [0.717, 1.165) is 26.6 Å². The molecule has 4 aromatic carbocycles. The van der Waals surface area contributed by atoms with Crippen LogP contribution >= 0.6 is 11.3 Å². The van der Waals surface area contributed by atoms with Crippen LogP contribution in [-0.2, 0) is 30.0 Å². The molecule has 1 aliphatic heterocycles. The van der Waals surface area contributed by atoms with Crippen LogP contribution in [0, 0.1) is 0 Å². The zero-order chi connectivity index (χ0) is 24.9. The second-order valence-corrected chi connectivity index (χ2v) is 11.8. The fraction of sp³-hybridized carbons (Fsp3) is 0.143. The van der Waals surface area contributed by atoms with Gasteiger partial charge in [0.05, 0.1) is 15.1 Å². The first-order chi connectivity index (χ1) is 17.4. The van der Waals surface area contributed by atoms with Gasteiger partial charge < -0.3 is 4.57 Å². The summed E-state index contributed by atoms with van der Waals surface area (Å²) >= 11 is 1.47. The second kappa shape index (κ2) is 8.81. The van der Waals surface area contributed by atoms with E-state index >= 15 is 0 Å². The highest BCUT2D eigenvalue weighted by Crippen LogP contribution is 2.28. The lowest BCUT2D eigenvalue weighted by molar-refractivity contribution is 0.0998. The molecular weight excluding hydrogens is 490 g/mol. The summed E-state index contributed by atoms with van der Waals surface area (Å²) in [5.74, 6) is -0.405. The fourth-order valence-electron chi connectivity index (χ4n) is 4.71. The molecule has 0 radical (unpaired) electrons. The van der Waals surface area contributed by atoms with Crippen molar-refractivity contribution in [2.75, 3.05) is 6.54 Å². The summed E-state index contributed by atoms with van der Waals surface area (Å²) < 4.78 is 31.0. The molecule has 6 rings (SSSR count). The number of rotatable bonds is 3. The maximum Gasteiger partial charge on any atom is 0.279 e. The molecule has 0 saturated carbocycles. The summed E-state index contributed by atoms with van der Waals surface area (Å²) in [5, 5.41) is 2.26. The molecule has 36 heavy (non-hydrogen) atoms. The summed E-state index contributed by atoms with van der Waals surface area (Å²) in [6.07, 6.45) is 0.687. The van der Waals surface area contributed by atoms with E-state index in [9.17, 15) is 13.2 Å². The van der Waals surface area contributed by atoms with Gasteiger partial charge in [0.2, 0.25) is 10.0 Å². The van der Waals surface area contributed by atoms with E-state index in [2.05, 4.69) is 23.2 Å². The molecule has 6 nitrogen and oxygen atoms in total. The van der Waals surface area contributed by atoms with Crippen molar-refractivity contribution in [3.05, 3.63) is 106 Å². The van der Waals surface area contributed by atoms with E-state index in [-0.39, 0.29) is 4.90 Å². The lowest BCUT2D eigenvalue weighted by Crippen LogP contribution is -2.35. The van der Waals surface area contributed by atoms with Crippen LogP contribution < -0.4 is 4.80 Å². The molecule has 180 valence electrons. The third-order valence-electron chi connectivity index (χ3n) is 6.73. The van der Waals surface area contributed by atoms with Gasteiger partial charge in [-0.25, -0.2) is 8.42 Å². The Balaban J connectivity index is 1.29. The fourth-order valence-corrected chi connectivity index (χ4v) is 7.28. The Morgan fingerprint density at radius 1 is 0.889 bits per heavy atom. The van der Waals surface area contributed by atoms with Crippen LogP contribution in [0.3, 0.4) is 0 Å². The molecule has 0 saturated heterocycles. The summed E-state index contributed by atoms with van der Waals surface area (Å²) in [5.41, 5.74) is 3.57. The van der Waals surface area contributed by atoms with E-state index in [1.54, 1.807) is 12.1 Å². The molecular formula is C28H23N3O3S2. The van der Waals surface area contributed by atoms with Crippen molar-refractivity contribution in [2.45, 2.75) is 17.9 Å². The topological polar surface area (TPSA) is 71.7 Å². The predicted molar refractivity (Wildman–Crippen MR) is 142 cm³/mol. The SMILES string of the molecule is Cn1c(=NC(=O)c2ccc(S(=O)(=O)N3CCc4ccccc4C3)cc2)sc2c3ccccc3ccc21. The first-order valence-electron chi connectivity index (χ1n) is 11.7. The molecule has 0 atom stereocenters. The first-order valence-corrected chi connectivity index (χ1v) is 13.9. The zero-order valence-corrected chi connectivity index (χ0v) is 21.2. The van der Waals surface area contributed by atoms with Crippen LogP contribution in [0.1, 0.15) is 21.5 Å². The van der Waals surface area contributed by atoms with E-state index in [4.69, 9.17) is 0 Å². The standard InChI is InChI=1S/C28H23N3O3S2/c1-30-25-15-12-20-7-4-5-9-24(20)26(25)35-28(30)29-27(32)21-10-13-23(14-11-21)36(33,34)31-17-16-19-6-2-3-8-22(19)18-31/h2-15H,16-18H2,1H3. The van der Waals surface area contributed by atoms with Crippen molar-refractivity contribution >= 4 is 48.3 Å². The average molecular weight is 514 g/mol. The van der Waals surface area contributed by atoms with Gasteiger partial charge >= 0.3 is 0 Å². The minimum absolute atomic E-state index is 0.178. The zero-order valence-electron chi connectivity index (χ0n) is 19.6. The first kappa shape index (κ1) is 22.8. The van der Waals surface area contributed by atoms with E-state index < -0.39 is 15.9 Å². The molecule has 0 spiro atoms. The number of benzene rings is 4. The molecule has 1 aromatic heterocycles. The van der Waals surface area contributed by atoms with Crippen LogP contribution in [0.5, 0.6) is 0 Å². The summed E-state index contributed by atoms with van der Waals surface area (Å²) in [6.45, 7) is 0.790. The number of carbonyl (C=O) groups is 1. The van der Waals surface area contributed by atoms with E-state index in [0.29, 0.717) is 29.9 Å². The number of hydrogen-bond acceptors (Lipinski definition) is 4. The number of amides is 1. The lowest BCUT2D eigenvalue weighted by Gasteiger charge is -2.28. The van der Waals surface area contributed by atoms with Crippen LogP contribution in [0.25, 0.3) is 21.0 Å². The second-order valence-electron chi connectivity index (χ2n) is 8.88. The highest BCUT2D eigenvalue weighted by molar-refractivity contribution is 7.89. The highest BCUT2D eigenvalue weighted by atomic mass is 32.2. The Hall–Kier alpha value is -3.59. The molecule has 0 unspecified atom stereocenters. The molecule has 0 bridgehead atoms. The van der Waals surface area contributed by atoms with Gasteiger partial charge in [0.25, 0.3) is 5.91 Å². The lowest BCUT2D eigenvalue weighted by atomic mass is 10.0. The normalized spacial score (nSPS) is 14.9. The maximum absolute atomic E-state index is 13.2. The molecule has 0 N–H and O–H groups in total. The Bertz CT molecular complexity index is 1820. The highest BCUT2D eigenvalue weighted by Gasteiger charge is 2.28. The quantitative estimate of drug-likeness (QED) is 0.345. The third-order valence-corrected chi connectivity index (χ3v) is 9.77. The van der Waals surface area contributed by atoms with Crippen LogP contribution in [0.15, 0.2) is 94.8 Å². The van der Waals surface area contributed by atoms with Crippen molar-refractivity contribution in [1.29, 1.82) is 0 Å². The Morgan fingerprint density at radius 2 is 1.61 bits per heavy atom. The number of carbonyl (C=O) groups excluding carboxylic acids is 1. The van der Waals surface area contributed by atoms with Crippen LogP contribution in [0.4, 0.5) is 0 Å². The number of fused-ring (bicyclic) bond motifs is 4. The number of sulfonamides is 1. The molecule has 1 aliphatic rings. The Kier molecular flexibility index (Phi) is 5.59. The predicted octanol–water partition coefficient (Wildman–Crippen LogP) is 4.88. The third kappa shape index (κ3) is 3.87. The van der Waals surface area contributed by atoms with Gasteiger partial charge in [0.15, 0.2) is 4.80 Å². The van der Waals surface area contributed by atoms with Gasteiger partial charge in [-0.3, -0.25) is 4.79 Å². The van der Waals surface area contributed by atoms with Crippen LogP contribution in [-0.4, -0.2) is 29.7 Å². The van der Waals surface area contributed by atoms with Crippen molar-refractivity contribution in [3.8, 4) is 0 Å². The monoisotopic (exact) mass is 513 g/mol.